The predicted molar refractivity (Wildman–Crippen MR) is 78.2 cm³/mol. The first kappa shape index (κ1) is 14.7. The summed E-state index contributed by atoms with van der Waals surface area (Å²) in [5, 5.41) is 14.5. The molecule has 2 aromatic heterocycles. The Kier molecular flexibility index (Phi) is 3.93. The van der Waals surface area contributed by atoms with E-state index in [1.807, 2.05) is 11.8 Å². The molecule has 116 valence electrons. The Bertz CT molecular complexity index is 701. The average molecular weight is 321 g/mol. The van der Waals surface area contributed by atoms with Crippen LogP contribution >= 0.6 is 11.5 Å². The maximum atomic E-state index is 12.4. The maximum absolute atomic E-state index is 12.4. The summed E-state index contributed by atoms with van der Waals surface area (Å²) in [6.07, 6.45) is 1.49. The molecule has 0 unspecified atom stereocenters. The lowest BCUT2D eigenvalue weighted by molar-refractivity contribution is 0.0649. The molecule has 3 rings (SSSR count). The van der Waals surface area contributed by atoms with E-state index in [-0.39, 0.29) is 17.6 Å². The number of carboxylic acid groups (broad SMARTS) is 1. The summed E-state index contributed by atoms with van der Waals surface area (Å²) in [7, 11) is 0. The van der Waals surface area contributed by atoms with Gasteiger partial charge in [0.25, 0.3) is 5.91 Å². The monoisotopic (exact) mass is 321 g/mol. The number of piperidine rings is 1. The number of aromatic nitrogens is 2. The van der Waals surface area contributed by atoms with Crippen LogP contribution in [0.3, 0.4) is 0 Å². The van der Waals surface area contributed by atoms with Crippen molar-refractivity contribution < 1.29 is 19.2 Å². The van der Waals surface area contributed by atoms with Gasteiger partial charge in [-0.2, -0.15) is 4.37 Å². The van der Waals surface area contributed by atoms with Crippen molar-refractivity contribution in [3.05, 3.63) is 34.2 Å². The van der Waals surface area contributed by atoms with Gasteiger partial charge >= 0.3 is 5.97 Å². The fourth-order valence-corrected chi connectivity index (χ4v) is 3.31. The number of aryl methyl sites for hydroxylation is 1. The van der Waals surface area contributed by atoms with Crippen molar-refractivity contribution in [2.24, 2.45) is 0 Å². The number of likely N-dealkylation sites (tertiary alicyclic amines) is 1. The highest BCUT2D eigenvalue weighted by atomic mass is 32.1. The number of hydrogen-bond donors (Lipinski definition) is 1. The van der Waals surface area contributed by atoms with Crippen LogP contribution in [0, 0.1) is 6.92 Å². The second kappa shape index (κ2) is 5.88. The van der Waals surface area contributed by atoms with Crippen LogP contribution in [0.15, 0.2) is 16.0 Å². The zero-order valence-corrected chi connectivity index (χ0v) is 12.8. The van der Waals surface area contributed by atoms with E-state index in [4.69, 9.17) is 9.63 Å². The Balaban J connectivity index is 1.63. The first-order valence-electron chi connectivity index (χ1n) is 6.96. The number of hydrogen-bond acceptors (Lipinski definition) is 6. The molecule has 8 heteroatoms. The number of carbonyl (C=O) groups is 2. The first-order chi connectivity index (χ1) is 10.6. The summed E-state index contributed by atoms with van der Waals surface area (Å²) < 4.78 is 8.92. The number of amides is 1. The smallest absolute Gasteiger partial charge is 0.374 e. The van der Waals surface area contributed by atoms with Crippen LogP contribution in [-0.2, 0) is 0 Å². The van der Waals surface area contributed by atoms with Crippen molar-refractivity contribution in [3.63, 3.8) is 0 Å². The van der Waals surface area contributed by atoms with Crippen LogP contribution in [0.25, 0.3) is 0 Å². The van der Waals surface area contributed by atoms with E-state index >= 15 is 0 Å². The third-order valence-corrected chi connectivity index (χ3v) is 4.64. The molecule has 0 spiro atoms. The molecule has 1 amide bonds. The lowest BCUT2D eigenvalue weighted by Crippen LogP contribution is -2.38. The van der Waals surface area contributed by atoms with Gasteiger partial charge < -0.3 is 14.5 Å². The van der Waals surface area contributed by atoms with E-state index in [0.29, 0.717) is 24.3 Å². The van der Waals surface area contributed by atoms with Gasteiger partial charge in [0.15, 0.2) is 0 Å². The lowest BCUT2D eigenvalue weighted by Gasteiger charge is -2.31. The van der Waals surface area contributed by atoms with Gasteiger partial charge in [-0.1, -0.05) is 5.16 Å². The Morgan fingerprint density at radius 2 is 2.14 bits per heavy atom. The number of rotatable bonds is 3. The van der Waals surface area contributed by atoms with Gasteiger partial charge in [-0.3, -0.25) is 4.79 Å². The lowest BCUT2D eigenvalue weighted by atomic mass is 9.93. The number of nitrogens with zero attached hydrogens (tertiary/aromatic N) is 3. The van der Waals surface area contributed by atoms with Crippen LogP contribution in [0.1, 0.15) is 51.1 Å². The van der Waals surface area contributed by atoms with Gasteiger partial charge in [-0.25, -0.2) is 4.79 Å². The molecule has 7 nitrogen and oxygen atoms in total. The summed E-state index contributed by atoms with van der Waals surface area (Å²) in [6.45, 7) is 3.07. The van der Waals surface area contributed by atoms with Crippen LogP contribution < -0.4 is 0 Å². The third kappa shape index (κ3) is 2.74. The van der Waals surface area contributed by atoms with E-state index in [1.54, 1.807) is 5.38 Å². The van der Waals surface area contributed by atoms with Crippen molar-refractivity contribution in [1.82, 2.24) is 14.4 Å². The van der Waals surface area contributed by atoms with Crippen LogP contribution in [0.5, 0.6) is 0 Å². The molecule has 1 saturated heterocycles. The van der Waals surface area contributed by atoms with Crippen molar-refractivity contribution in [2.75, 3.05) is 13.1 Å². The highest BCUT2D eigenvalue weighted by Crippen LogP contribution is 2.28. The molecule has 2 aromatic rings. The molecule has 0 aliphatic carbocycles. The molecule has 1 aliphatic rings. The first-order valence-corrected chi connectivity index (χ1v) is 7.80. The molecule has 0 bridgehead atoms. The Hall–Kier alpha value is -2.22. The van der Waals surface area contributed by atoms with Gasteiger partial charge in [0, 0.05) is 30.5 Å². The average Bonchev–Trinajstić information content (AvgIpc) is 3.15. The van der Waals surface area contributed by atoms with Crippen LogP contribution in [-0.4, -0.2) is 44.5 Å². The number of carboxylic acids is 1. The van der Waals surface area contributed by atoms with Gasteiger partial charge in [0.1, 0.15) is 0 Å². The van der Waals surface area contributed by atoms with Gasteiger partial charge in [0.2, 0.25) is 5.76 Å². The Morgan fingerprint density at radius 1 is 1.41 bits per heavy atom. The second-order valence-corrected chi connectivity index (χ2v) is 5.93. The van der Waals surface area contributed by atoms with E-state index in [9.17, 15) is 9.59 Å². The molecule has 22 heavy (non-hydrogen) atoms. The van der Waals surface area contributed by atoms with Gasteiger partial charge in [-0.05, 0) is 31.3 Å². The SMILES string of the molecule is Cc1nscc1C(=O)N1CCC(c2cc(C(=O)O)on2)CC1. The van der Waals surface area contributed by atoms with E-state index in [0.717, 1.165) is 18.5 Å². The zero-order valence-electron chi connectivity index (χ0n) is 12.0. The van der Waals surface area contributed by atoms with Crippen LogP contribution in [0.4, 0.5) is 0 Å². The third-order valence-electron chi connectivity index (χ3n) is 3.92. The molecule has 0 atom stereocenters. The van der Waals surface area contributed by atoms with E-state index in [2.05, 4.69) is 9.53 Å². The molecule has 3 heterocycles. The molecule has 1 N–H and O–H groups in total. The van der Waals surface area contributed by atoms with Crippen molar-refractivity contribution in [2.45, 2.75) is 25.7 Å². The zero-order chi connectivity index (χ0) is 15.7. The fourth-order valence-electron chi connectivity index (χ4n) is 2.63. The maximum Gasteiger partial charge on any atom is 0.374 e. The summed E-state index contributed by atoms with van der Waals surface area (Å²) in [6, 6.07) is 1.47. The minimum atomic E-state index is -1.12. The fraction of sp³-hybridized carbons (Fsp3) is 0.429. The van der Waals surface area contributed by atoms with E-state index in [1.165, 1.54) is 17.6 Å². The summed E-state index contributed by atoms with van der Waals surface area (Å²) in [4.78, 5) is 25.0. The molecular formula is C14H15N3O4S. The van der Waals surface area contributed by atoms with Gasteiger partial charge in [-0.15, -0.1) is 0 Å². The van der Waals surface area contributed by atoms with E-state index < -0.39 is 5.97 Å². The highest BCUT2D eigenvalue weighted by molar-refractivity contribution is 7.03. The molecule has 0 saturated carbocycles. The minimum Gasteiger partial charge on any atom is -0.475 e. The molecule has 0 radical (unpaired) electrons. The Morgan fingerprint density at radius 3 is 2.68 bits per heavy atom. The second-order valence-electron chi connectivity index (χ2n) is 5.30. The molecule has 1 fully saturated rings. The standard InChI is InChI=1S/C14H15N3O4S/c1-8-10(7-22-16-8)13(18)17-4-2-9(3-5-17)11-6-12(14(19)20)21-15-11/h6-7,9H,2-5H2,1H3,(H,19,20). The van der Waals surface area contributed by atoms with Crippen molar-refractivity contribution in [1.29, 1.82) is 0 Å². The number of aromatic carboxylic acids is 1. The predicted octanol–water partition coefficient (Wildman–Crippen LogP) is 2.16. The summed E-state index contributed by atoms with van der Waals surface area (Å²) in [5.41, 5.74) is 2.08. The number of carbonyl (C=O) groups excluding carboxylic acids is 1. The summed E-state index contributed by atoms with van der Waals surface area (Å²) in [5.74, 6) is -1.13. The molecule has 0 aromatic carbocycles. The minimum absolute atomic E-state index is 0.0103. The molecule has 1 aliphatic heterocycles. The molecular weight excluding hydrogens is 306 g/mol. The van der Waals surface area contributed by atoms with Crippen LogP contribution in [0.2, 0.25) is 0 Å². The largest absolute Gasteiger partial charge is 0.475 e. The van der Waals surface area contributed by atoms with Crippen molar-refractivity contribution >= 4 is 23.4 Å². The quantitative estimate of drug-likeness (QED) is 0.930. The normalized spacial score (nSPS) is 16.0. The summed E-state index contributed by atoms with van der Waals surface area (Å²) >= 11 is 1.29. The highest BCUT2D eigenvalue weighted by Gasteiger charge is 2.28. The van der Waals surface area contributed by atoms with Crippen molar-refractivity contribution in [3.8, 4) is 0 Å². The van der Waals surface area contributed by atoms with Gasteiger partial charge in [0.05, 0.1) is 17.0 Å². The Labute approximate surface area is 130 Å². The topological polar surface area (TPSA) is 96.5 Å².